The molecule has 7 heteroatoms. The largest absolute Gasteiger partial charge is 0.349 e. The number of fused-ring (bicyclic) bond motifs is 1. The lowest BCUT2D eigenvalue weighted by atomic mass is 9.95. The molecule has 1 N–H and O–H groups in total. The van der Waals surface area contributed by atoms with Gasteiger partial charge in [0.05, 0.1) is 10.9 Å². The molecule has 0 unspecified atom stereocenters. The van der Waals surface area contributed by atoms with Crippen molar-refractivity contribution in [2.45, 2.75) is 45.1 Å². The first-order valence-electron chi connectivity index (χ1n) is 8.28. The fraction of sp³-hybridized carbons (Fsp3) is 0.529. The van der Waals surface area contributed by atoms with Crippen LogP contribution in [0.15, 0.2) is 15.7 Å². The lowest BCUT2D eigenvalue weighted by Gasteiger charge is -2.23. The standard InChI is InChI=1S/C17H22N4O3/c1-10-9-12(15(22)19-11-7-5-4-6-8-11)13-14(18-10)20(2)17(24)21(3)16(13)23/h9,11H,4-8H2,1-3H3,(H,19,22). The van der Waals surface area contributed by atoms with Crippen LogP contribution in [0.3, 0.4) is 0 Å². The molecule has 0 radical (unpaired) electrons. The number of hydrogen-bond donors (Lipinski definition) is 1. The molecule has 0 aliphatic heterocycles. The molecular formula is C17H22N4O3. The molecule has 2 heterocycles. The summed E-state index contributed by atoms with van der Waals surface area (Å²) in [6, 6.07) is 1.76. The third kappa shape index (κ3) is 2.74. The maximum atomic E-state index is 12.8. The molecule has 1 saturated carbocycles. The number of aryl methyl sites for hydroxylation is 2. The van der Waals surface area contributed by atoms with Crippen molar-refractivity contribution in [3.63, 3.8) is 0 Å². The van der Waals surface area contributed by atoms with E-state index in [1.165, 1.54) is 18.0 Å². The number of carbonyl (C=O) groups is 1. The second kappa shape index (κ2) is 6.22. The molecule has 1 fully saturated rings. The van der Waals surface area contributed by atoms with Gasteiger partial charge < -0.3 is 5.32 Å². The van der Waals surface area contributed by atoms with E-state index < -0.39 is 11.2 Å². The van der Waals surface area contributed by atoms with Crippen LogP contribution in [0, 0.1) is 6.92 Å². The van der Waals surface area contributed by atoms with Gasteiger partial charge in [-0.3, -0.25) is 18.7 Å². The Bertz CT molecular complexity index is 920. The lowest BCUT2D eigenvalue weighted by Crippen LogP contribution is -2.40. The number of hydrogen-bond acceptors (Lipinski definition) is 4. The predicted octanol–water partition coefficient (Wildman–Crippen LogP) is 1.00. The first kappa shape index (κ1) is 16.4. The Kier molecular flexibility index (Phi) is 4.26. The van der Waals surface area contributed by atoms with Gasteiger partial charge in [-0.2, -0.15) is 0 Å². The highest BCUT2D eigenvalue weighted by Crippen LogP contribution is 2.19. The van der Waals surface area contributed by atoms with Crippen molar-refractivity contribution in [1.82, 2.24) is 19.4 Å². The Morgan fingerprint density at radius 1 is 1.17 bits per heavy atom. The number of amides is 1. The van der Waals surface area contributed by atoms with Crippen molar-refractivity contribution in [3.8, 4) is 0 Å². The van der Waals surface area contributed by atoms with E-state index in [4.69, 9.17) is 0 Å². The summed E-state index contributed by atoms with van der Waals surface area (Å²) in [6.07, 6.45) is 5.34. The van der Waals surface area contributed by atoms with Crippen molar-refractivity contribution in [2.24, 2.45) is 14.1 Å². The van der Waals surface area contributed by atoms with Crippen LogP contribution in [0.1, 0.15) is 48.2 Å². The van der Waals surface area contributed by atoms with E-state index in [0.29, 0.717) is 11.3 Å². The van der Waals surface area contributed by atoms with Gasteiger partial charge in [0.15, 0.2) is 0 Å². The van der Waals surface area contributed by atoms with Gasteiger partial charge in [0.2, 0.25) is 0 Å². The summed E-state index contributed by atoms with van der Waals surface area (Å²) in [4.78, 5) is 41.7. The van der Waals surface area contributed by atoms with E-state index >= 15 is 0 Å². The molecule has 0 atom stereocenters. The SMILES string of the molecule is Cc1cc(C(=O)NC2CCCCC2)c2c(=O)n(C)c(=O)n(C)c2n1. The normalized spacial score (nSPS) is 15.6. The van der Waals surface area contributed by atoms with Crippen molar-refractivity contribution in [3.05, 3.63) is 38.2 Å². The summed E-state index contributed by atoms with van der Waals surface area (Å²) in [5.74, 6) is -0.270. The van der Waals surface area contributed by atoms with Gasteiger partial charge in [-0.05, 0) is 25.8 Å². The van der Waals surface area contributed by atoms with Crippen molar-refractivity contribution < 1.29 is 4.79 Å². The number of nitrogens with one attached hydrogen (secondary N) is 1. The van der Waals surface area contributed by atoms with E-state index in [0.717, 1.165) is 30.3 Å². The monoisotopic (exact) mass is 330 g/mol. The molecule has 2 aromatic rings. The molecule has 1 amide bonds. The summed E-state index contributed by atoms with van der Waals surface area (Å²) in [6.45, 7) is 1.75. The van der Waals surface area contributed by atoms with E-state index in [1.807, 2.05) is 0 Å². The van der Waals surface area contributed by atoms with Crippen molar-refractivity contribution in [1.29, 1.82) is 0 Å². The van der Waals surface area contributed by atoms with Crippen LogP contribution >= 0.6 is 0 Å². The highest BCUT2D eigenvalue weighted by molar-refractivity contribution is 6.05. The number of pyridine rings is 1. The van der Waals surface area contributed by atoms with Crippen LogP contribution < -0.4 is 16.6 Å². The zero-order valence-corrected chi connectivity index (χ0v) is 14.3. The van der Waals surface area contributed by atoms with E-state index in [2.05, 4.69) is 10.3 Å². The minimum absolute atomic E-state index is 0.145. The van der Waals surface area contributed by atoms with Crippen molar-refractivity contribution >= 4 is 16.9 Å². The maximum absolute atomic E-state index is 12.8. The van der Waals surface area contributed by atoms with E-state index in [-0.39, 0.29) is 23.0 Å². The minimum atomic E-state index is -0.491. The fourth-order valence-corrected chi connectivity index (χ4v) is 3.37. The van der Waals surface area contributed by atoms with E-state index in [9.17, 15) is 14.4 Å². The zero-order valence-electron chi connectivity index (χ0n) is 14.3. The zero-order chi connectivity index (χ0) is 17.4. The van der Waals surface area contributed by atoms with Gasteiger partial charge in [0.25, 0.3) is 11.5 Å². The molecule has 24 heavy (non-hydrogen) atoms. The fourth-order valence-electron chi connectivity index (χ4n) is 3.37. The van der Waals surface area contributed by atoms with Crippen LogP contribution in [-0.4, -0.2) is 26.1 Å². The number of nitrogens with zero attached hydrogens (tertiary/aromatic N) is 3. The van der Waals surface area contributed by atoms with E-state index in [1.54, 1.807) is 20.0 Å². The Morgan fingerprint density at radius 3 is 2.50 bits per heavy atom. The molecule has 1 aliphatic carbocycles. The first-order chi connectivity index (χ1) is 11.4. The van der Waals surface area contributed by atoms with Gasteiger partial charge >= 0.3 is 5.69 Å². The topological polar surface area (TPSA) is 86.0 Å². The van der Waals surface area contributed by atoms with Gasteiger partial charge in [-0.15, -0.1) is 0 Å². The summed E-state index contributed by atoms with van der Waals surface area (Å²) in [5.41, 5.74) is 0.189. The van der Waals surface area contributed by atoms with Crippen molar-refractivity contribution in [2.75, 3.05) is 0 Å². The average molecular weight is 330 g/mol. The number of carbonyl (C=O) groups excluding carboxylic acids is 1. The maximum Gasteiger partial charge on any atom is 0.332 e. The molecule has 2 aromatic heterocycles. The molecular weight excluding hydrogens is 308 g/mol. The van der Waals surface area contributed by atoms with Gasteiger partial charge in [-0.25, -0.2) is 9.78 Å². The second-order valence-electron chi connectivity index (χ2n) is 6.52. The highest BCUT2D eigenvalue weighted by atomic mass is 16.2. The number of aromatic nitrogens is 3. The molecule has 0 aromatic carbocycles. The van der Waals surface area contributed by atoms with Crippen LogP contribution in [0.4, 0.5) is 0 Å². The Hall–Kier alpha value is -2.44. The third-order valence-corrected chi connectivity index (χ3v) is 4.72. The first-order valence-corrected chi connectivity index (χ1v) is 8.28. The number of rotatable bonds is 2. The second-order valence-corrected chi connectivity index (χ2v) is 6.52. The van der Waals surface area contributed by atoms with Gasteiger partial charge in [-0.1, -0.05) is 19.3 Å². The Labute approximate surface area is 139 Å². The molecule has 128 valence electrons. The predicted molar refractivity (Wildman–Crippen MR) is 91.3 cm³/mol. The Balaban J connectivity index is 2.15. The third-order valence-electron chi connectivity index (χ3n) is 4.72. The van der Waals surface area contributed by atoms with Gasteiger partial charge in [0.1, 0.15) is 5.65 Å². The van der Waals surface area contributed by atoms with Gasteiger partial charge in [0, 0.05) is 25.8 Å². The van der Waals surface area contributed by atoms with Crippen LogP contribution in [-0.2, 0) is 14.1 Å². The molecule has 3 rings (SSSR count). The quantitative estimate of drug-likeness (QED) is 0.890. The van der Waals surface area contributed by atoms with Crippen LogP contribution in [0.25, 0.3) is 11.0 Å². The molecule has 1 aliphatic rings. The summed E-state index contributed by atoms with van der Waals surface area (Å²) < 4.78 is 2.32. The molecule has 7 nitrogen and oxygen atoms in total. The van der Waals surface area contributed by atoms with Crippen LogP contribution in [0.2, 0.25) is 0 Å². The molecule has 0 spiro atoms. The smallest absolute Gasteiger partial charge is 0.332 e. The average Bonchev–Trinajstić information content (AvgIpc) is 2.58. The Morgan fingerprint density at radius 2 is 1.83 bits per heavy atom. The highest BCUT2D eigenvalue weighted by Gasteiger charge is 2.22. The summed E-state index contributed by atoms with van der Waals surface area (Å²) in [7, 11) is 2.96. The lowest BCUT2D eigenvalue weighted by molar-refractivity contribution is 0.0929. The summed E-state index contributed by atoms with van der Waals surface area (Å²) >= 11 is 0. The molecule has 0 saturated heterocycles. The van der Waals surface area contributed by atoms with Crippen LogP contribution in [0.5, 0.6) is 0 Å². The minimum Gasteiger partial charge on any atom is -0.349 e. The molecule has 0 bridgehead atoms. The summed E-state index contributed by atoms with van der Waals surface area (Å²) in [5, 5.41) is 3.23.